The normalized spacial score (nSPS) is 31.2. The number of nitrogens with zero attached hydrogens (tertiary/aromatic N) is 1. The number of carbonyl (C=O) groups is 1. The molecule has 0 aromatic carbocycles. The minimum atomic E-state index is -3.17. The largest absolute Gasteiger partial charge is 0.383 e. The van der Waals surface area contributed by atoms with Gasteiger partial charge in [-0.15, -0.1) is 0 Å². The summed E-state index contributed by atoms with van der Waals surface area (Å²) in [5.74, 6) is -0.158. The van der Waals surface area contributed by atoms with Crippen LogP contribution in [0.4, 0.5) is 4.79 Å². The number of hydrogen-bond donors (Lipinski definition) is 2. The standard InChI is InChI=1S/C9H15N3O4S/c1-16-4-3-12-8(13)11-7(10)9(12)2-5-17(14,15)6-9/h2-6H2,1H3,(H2,10,11,13). The summed E-state index contributed by atoms with van der Waals surface area (Å²) in [6, 6.07) is -0.413. The van der Waals surface area contributed by atoms with Crippen molar-refractivity contribution < 1.29 is 17.9 Å². The zero-order chi connectivity index (χ0) is 12.7. The van der Waals surface area contributed by atoms with E-state index in [1.54, 1.807) is 0 Å². The van der Waals surface area contributed by atoms with Crippen molar-refractivity contribution in [3.8, 4) is 0 Å². The van der Waals surface area contributed by atoms with Gasteiger partial charge in [-0.3, -0.25) is 10.7 Å². The fourth-order valence-corrected chi connectivity index (χ4v) is 4.33. The van der Waals surface area contributed by atoms with E-state index >= 15 is 0 Å². The lowest BCUT2D eigenvalue weighted by Gasteiger charge is -2.31. The first-order chi connectivity index (χ1) is 7.91. The first-order valence-electron chi connectivity index (χ1n) is 5.28. The van der Waals surface area contributed by atoms with Crippen molar-refractivity contribution in [2.45, 2.75) is 12.0 Å². The number of urea groups is 1. The van der Waals surface area contributed by atoms with E-state index < -0.39 is 21.4 Å². The van der Waals surface area contributed by atoms with E-state index in [0.29, 0.717) is 13.2 Å². The number of hydrogen-bond acceptors (Lipinski definition) is 5. The molecule has 8 heteroatoms. The molecule has 0 radical (unpaired) electrons. The lowest BCUT2D eigenvalue weighted by atomic mass is 9.97. The van der Waals surface area contributed by atoms with Crippen molar-refractivity contribution in [2.24, 2.45) is 0 Å². The van der Waals surface area contributed by atoms with Crippen LogP contribution in [0, 0.1) is 5.41 Å². The number of nitrogens with one attached hydrogen (secondary N) is 2. The Kier molecular flexibility index (Phi) is 2.86. The highest BCUT2D eigenvalue weighted by atomic mass is 32.2. The molecule has 1 atom stereocenters. The lowest BCUT2D eigenvalue weighted by molar-refractivity contribution is 0.131. The second-order valence-electron chi connectivity index (χ2n) is 4.32. The van der Waals surface area contributed by atoms with Gasteiger partial charge in [-0.1, -0.05) is 0 Å². The zero-order valence-corrected chi connectivity index (χ0v) is 10.3. The molecule has 17 heavy (non-hydrogen) atoms. The topological polar surface area (TPSA) is 99.6 Å². The van der Waals surface area contributed by atoms with Gasteiger partial charge in [-0.2, -0.15) is 0 Å². The van der Waals surface area contributed by atoms with Crippen LogP contribution >= 0.6 is 0 Å². The van der Waals surface area contributed by atoms with Gasteiger partial charge >= 0.3 is 6.03 Å². The summed E-state index contributed by atoms with van der Waals surface area (Å²) in [7, 11) is -1.66. The van der Waals surface area contributed by atoms with E-state index in [-0.39, 0.29) is 23.8 Å². The van der Waals surface area contributed by atoms with Gasteiger partial charge in [0.1, 0.15) is 11.4 Å². The highest BCUT2D eigenvalue weighted by Gasteiger charge is 2.56. The third kappa shape index (κ3) is 1.91. The highest BCUT2D eigenvalue weighted by molar-refractivity contribution is 7.91. The fraction of sp³-hybridized carbons (Fsp3) is 0.778. The van der Waals surface area contributed by atoms with E-state index in [4.69, 9.17) is 10.1 Å². The number of carbonyl (C=O) groups excluding carboxylic acids is 1. The first-order valence-corrected chi connectivity index (χ1v) is 7.10. The minimum absolute atomic E-state index is 0.0142. The molecule has 2 aliphatic rings. The second kappa shape index (κ2) is 3.95. The van der Waals surface area contributed by atoms with Gasteiger partial charge in [0.2, 0.25) is 0 Å². The number of rotatable bonds is 3. The Morgan fingerprint density at radius 3 is 2.82 bits per heavy atom. The molecule has 1 unspecified atom stereocenters. The zero-order valence-electron chi connectivity index (χ0n) is 9.52. The summed E-state index contributed by atoms with van der Waals surface area (Å²) in [6.07, 6.45) is 0.288. The van der Waals surface area contributed by atoms with E-state index in [0.717, 1.165) is 0 Å². The molecule has 2 N–H and O–H groups in total. The molecule has 0 aromatic rings. The van der Waals surface area contributed by atoms with Crippen LogP contribution in [0.2, 0.25) is 0 Å². The van der Waals surface area contributed by atoms with E-state index in [1.165, 1.54) is 12.0 Å². The highest BCUT2D eigenvalue weighted by Crippen LogP contribution is 2.33. The van der Waals surface area contributed by atoms with Gasteiger partial charge < -0.3 is 9.64 Å². The van der Waals surface area contributed by atoms with Crippen LogP contribution < -0.4 is 5.32 Å². The Labute approximate surface area is 99.5 Å². The summed E-state index contributed by atoms with van der Waals surface area (Å²) in [5.41, 5.74) is -0.992. The van der Waals surface area contributed by atoms with Crippen LogP contribution in [0.15, 0.2) is 0 Å². The van der Waals surface area contributed by atoms with Gasteiger partial charge in [0, 0.05) is 13.7 Å². The van der Waals surface area contributed by atoms with Crippen LogP contribution in [0.5, 0.6) is 0 Å². The SMILES string of the molecule is COCCN1C(=O)NC(=N)C12CCS(=O)(=O)C2. The predicted octanol–water partition coefficient (Wildman–Crippen LogP) is -0.807. The molecule has 2 saturated heterocycles. The molecule has 1 spiro atoms. The van der Waals surface area contributed by atoms with Crippen molar-refractivity contribution in [3.63, 3.8) is 0 Å². The molecule has 2 fully saturated rings. The molecule has 0 saturated carbocycles. The third-order valence-corrected chi connectivity index (χ3v) is 5.01. The number of amidine groups is 1. The fourth-order valence-electron chi connectivity index (χ4n) is 2.36. The van der Waals surface area contributed by atoms with Crippen LogP contribution in [0.25, 0.3) is 0 Å². The van der Waals surface area contributed by atoms with Gasteiger partial charge in [0.05, 0.1) is 18.1 Å². The van der Waals surface area contributed by atoms with Crippen LogP contribution in [0.1, 0.15) is 6.42 Å². The monoisotopic (exact) mass is 261 g/mol. The quantitative estimate of drug-likeness (QED) is 0.694. The third-order valence-electron chi connectivity index (χ3n) is 3.26. The Bertz CT molecular complexity index is 461. The van der Waals surface area contributed by atoms with E-state index in [1.807, 2.05) is 0 Å². The summed E-state index contributed by atoms with van der Waals surface area (Å²) in [5, 5.41) is 10.2. The molecule has 96 valence electrons. The number of methoxy groups -OCH3 is 1. The predicted molar refractivity (Wildman–Crippen MR) is 60.8 cm³/mol. The summed E-state index contributed by atoms with van der Waals surface area (Å²) in [6.45, 7) is 0.614. The maximum Gasteiger partial charge on any atom is 0.323 e. The summed E-state index contributed by atoms with van der Waals surface area (Å²) in [4.78, 5) is 13.1. The van der Waals surface area contributed by atoms with Crippen molar-refractivity contribution in [1.29, 1.82) is 5.41 Å². The van der Waals surface area contributed by atoms with Crippen molar-refractivity contribution >= 4 is 21.7 Å². The number of ether oxygens (including phenoxy) is 1. The van der Waals surface area contributed by atoms with Gasteiger partial charge in [-0.25, -0.2) is 13.2 Å². The molecule has 0 aliphatic carbocycles. The minimum Gasteiger partial charge on any atom is -0.383 e. The lowest BCUT2D eigenvalue weighted by Crippen LogP contribution is -2.51. The molecule has 2 amide bonds. The van der Waals surface area contributed by atoms with Gasteiger partial charge in [-0.05, 0) is 6.42 Å². The maximum atomic E-state index is 11.7. The second-order valence-corrected chi connectivity index (χ2v) is 6.51. The average Bonchev–Trinajstić information content (AvgIpc) is 2.66. The number of amides is 2. The Morgan fingerprint density at radius 1 is 1.59 bits per heavy atom. The average molecular weight is 261 g/mol. The van der Waals surface area contributed by atoms with Crippen molar-refractivity contribution in [1.82, 2.24) is 10.2 Å². The van der Waals surface area contributed by atoms with E-state index in [9.17, 15) is 13.2 Å². The molecule has 0 aromatic heterocycles. The van der Waals surface area contributed by atoms with Crippen LogP contribution in [0.3, 0.4) is 0 Å². The molecular weight excluding hydrogens is 246 g/mol. The summed E-state index contributed by atoms with van der Waals surface area (Å²) < 4.78 is 28.0. The Morgan fingerprint density at radius 2 is 2.29 bits per heavy atom. The smallest absolute Gasteiger partial charge is 0.323 e. The van der Waals surface area contributed by atoms with Crippen LogP contribution in [-0.4, -0.2) is 62.5 Å². The molecule has 2 rings (SSSR count). The molecular formula is C9H15N3O4S. The van der Waals surface area contributed by atoms with Crippen molar-refractivity contribution in [2.75, 3.05) is 31.8 Å². The molecule has 2 heterocycles. The number of sulfone groups is 1. The van der Waals surface area contributed by atoms with Crippen LogP contribution in [-0.2, 0) is 14.6 Å². The molecule has 2 aliphatic heterocycles. The first kappa shape index (κ1) is 12.3. The van der Waals surface area contributed by atoms with Gasteiger partial charge in [0.15, 0.2) is 9.84 Å². The molecule has 7 nitrogen and oxygen atoms in total. The maximum absolute atomic E-state index is 11.7. The van der Waals surface area contributed by atoms with E-state index in [2.05, 4.69) is 5.32 Å². The summed E-state index contributed by atoms with van der Waals surface area (Å²) >= 11 is 0. The Balaban J connectivity index is 2.29. The van der Waals surface area contributed by atoms with Gasteiger partial charge in [0.25, 0.3) is 0 Å². The molecule has 0 bridgehead atoms. The van der Waals surface area contributed by atoms with Crippen molar-refractivity contribution in [3.05, 3.63) is 0 Å². The Hall–Kier alpha value is -1.15.